The number of rotatable bonds is 2. The summed E-state index contributed by atoms with van der Waals surface area (Å²) in [5, 5.41) is 10.4. The second-order valence-electron chi connectivity index (χ2n) is 5.12. The van der Waals surface area contributed by atoms with E-state index in [2.05, 4.69) is 6.07 Å². The molecule has 1 unspecified atom stereocenters. The summed E-state index contributed by atoms with van der Waals surface area (Å²) in [6.07, 6.45) is 5.30. The Hall–Kier alpha value is -1.19. The lowest BCUT2D eigenvalue weighted by Gasteiger charge is -2.08. The fourth-order valence-corrected chi connectivity index (χ4v) is 3.94. The third kappa shape index (κ3) is 2.72. The molecule has 2 aromatic rings. The van der Waals surface area contributed by atoms with Crippen molar-refractivity contribution in [1.29, 1.82) is 0 Å². The van der Waals surface area contributed by atoms with Crippen LogP contribution in [0.3, 0.4) is 0 Å². The number of aryl methyl sites for hydroxylation is 2. The lowest BCUT2D eigenvalue weighted by atomic mass is 10.1. The van der Waals surface area contributed by atoms with Crippen LogP contribution in [-0.2, 0) is 12.8 Å². The number of aliphatic hydroxyl groups excluding tert-OH is 1. The van der Waals surface area contributed by atoms with E-state index in [0.29, 0.717) is 5.56 Å². The third-order valence-electron chi connectivity index (χ3n) is 3.70. The van der Waals surface area contributed by atoms with Gasteiger partial charge in [0.2, 0.25) is 0 Å². The van der Waals surface area contributed by atoms with Crippen molar-refractivity contribution in [2.24, 2.45) is 0 Å². The van der Waals surface area contributed by atoms with E-state index in [1.165, 1.54) is 41.8 Å². The first-order chi connectivity index (χ1) is 9.24. The Balaban J connectivity index is 1.90. The molecule has 1 atom stereocenters. The first kappa shape index (κ1) is 12.8. The summed E-state index contributed by atoms with van der Waals surface area (Å²) in [7, 11) is 0. The smallest absolute Gasteiger partial charge is 0.123 e. The highest BCUT2D eigenvalue weighted by molar-refractivity contribution is 7.12. The number of thiophene rings is 1. The van der Waals surface area contributed by atoms with Crippen molar-refractivity contribution in [3.63, 3.8) is 0 Å². The number of hydrogen-bond acceptors (Lipinski definition) is 2. The molecule has 1 aliphatic rings. The van der Waals surface area contributed by atoms with E-state index >= 15 is 0 Å². The van der Waals surface area contributed by atoms with Crippen molar-refractivity contribution in [3.8, 4) is 0 Å². The first-order valence-electron chi connectivity index (χ1n) is 6.79. The molecule has 0 amide bonds. The Morgan fingerprint density at radius 3 is 2.79 bits per heavy atom. The molecule has 3 rings (SSSR count). The van der Waals surface area contributed by atoms with E-state index in [9.17, 15) is 9.50 Å². The summed E-state index contributed by atoms with van der Waals surface area (Å²) in [4.78, 5) is 2.35. The van der Waals surface area contributed by atoms with Crippen molar-refractivity contribution in [2.75, 3.05) is 0 Å². The maximum Gasteiger partial charge on any atom is 0.123 e. The molecule has 1 N–H and O–H groups in total. The van der Waals surface area contributed by atoms with Gasteiger partial charge in [0, 0.05) is 9.75 Å². The molecular formula is C16H17FOS. The summed E-state index contributed by atoms with van der Waals surface area (Å²) < 4.78 is 13.2. The van der Waals surface area contributed by atoms with Gasteiger partial charge in [-0.1, -0.05) is 18.6 Å². The topological polar surface area (TPSA) is 20.2 Å². The maximum absolute atomic E-state index is 13.2. The minimum absolute atomic E-state index is 0.297. The molecule has 1 aromatic heterocycles. The van der Waals surface area contributed by atoms with Gasteiger partial charge in [-0.3, -0.25) is 0 Å². The monoisotopic (exact) mass is 276 g/mol. The fourth-order valence-electron chi connectivity index (χ4n) is 2.67. The number of aliphatic hydroxyl groups is 1. The number of hydrogen-bond donors (Lipinski definition) is 1. The van der Waals surface area contributed by atoms with Crippen molar-refractivity contribution in [3.05, 3.63) is 57.0 Å². The van der Waals surface area contributed by atoms with Gasteiger partial charge in [0.25, 0.3) is 0 Å². The zero-order valence-corrected chi connectivity index (χ0v) is 11.5. The zero-order chi connectivity index (χ0) is 13.2. The highest BCUT2D eigenvalue weighted by Crippen LogP contribution is 2.34. The van der Waals surface area contributed by atoms with Crippen LogP contribution in [0.1, 0.15) is 46.2 Å². The molecule has 0 aliphatic heterocycles. The van der Waals surface area contributed by atoms with Crippen molar-refractivity contribution in [1.82, 2.24) is 0 Å². The SMILES string of the molecule is OC(c1cccc(F)c1)c1cc2c(s1)CCCCC2. The molecule has 1 nitrogen and oxygen atoms in total. The average Bonchev–Trinajstić information content (AvgIpc) is 2.69. The summed E-state index contributed by atoms with van der Waals surface area (Å²) in [5.74, 6) is -0.297. The van der Waals surface area contributed by atoms with E-state index in [1.54, 1.807) is 23.5 Å². The van der Waals surface area contributed by atoms with Gasteiger partial charge in [0.05, 0.1) is 0 Å². The summed E-state index contributed by atoms with van der Waals surface area (Å²) in [5.41, 5.74) is 2.02. The first-order valence-corrected chi connectivity index (χ1v) is 7.61. The summed E-state index contributed by atoms with van der Waals surface area (Å²) >= 11 is 1.69. The molecule has 0 fully saturated rings. The van der Waals surface area contributed by atoms with Crippen LogP contribution < -0.4 is 0 Å². The second-order valence-corrected chi connectivity index (χ2v) is 6.28. The van der Waals surface area contributed by atoms with Crippen LogP contribution in [0, 0.1) is 5.82 Å². The van der Waals surface area contributed by atoms with Gasteiger partial charge >= 0.3 is 0 Å². The van der Waals surface area contributed by atoms with Crippen LogP contribution in [0.2, 0.25) is 0 Å². The second kappa shape index (κ2) is 5.43. The van der Waals surface area contributed by atoms with E-state index in [1.807, 2.05) is 0 Å². The maximum atomic E-state index is 13.2. The Morgan fingerprint density at radius 1 is 1.11 bits per heavy atom. The number of halogens is 1. The van der Waals surface area contributed by atoms with Crippen LogP contribution in [0.5, 0.6) is 0 Å². The van der Waals surface area contributed by atoms with E-state index in [4.69, 9.17) is 0 Å². The quantitative estimate of drug-likeness (QED) is 0.813. The third-order valence-corrected chi connectivity index (χ3v) is 4.99. The van der Waals surface area contributed by atoms with E-state index in [0.717, 1.165) is 17.7 Å². The molecule has 0 spiro atoms. The van der Waals surface area contributed by atoms with Crippen molar-refractivity contribution < 1.29 is 9.50 Å². The molecule has 0 radical (unpaired) electrons. The zero-order valence-electron chi connectivity index (χ0n) is 10.7. The highest BCUT2D eigenvalue weighted by Gasteiger charge is 2.18. The Labute approximate surface area is 116 Å². The average molecular weight is 276 g/mol. The molecular weight excluding hydrogens is 259 g/mol. The minimum Gasteiger partial charge on any atom is -0.383 e. The normalized spacial score (nSPS) is 16.7. The van der Waals surface area contributed by atoms with Gasteiger partial charge in [0.1, 0.15) is 11.9 Å². The van der Waals surface area contributed by atoms with Crippen molar-refractivity contribution >= 4 is 11.3 Å². The molecule has 0 saturated heterocycles. The number of fused-ring (bicyclic) bond motifs is 1. The number of benzene rings is 1. The molecule has 1 aliphatic carbocycles. The standard InChI is InChI=1S/C16H17FOS/c17-13-7-4-6-12(9-13)16(18)15-10-11-5-2-1-3-8-14(11)19-15/h4,6-7,9-10,16,18H,1-3,5,8H2. The minimum atomic E-state index is -0.701. The molecule has 3 heteroatoms. The molecule has 1 heterocycles. The lowest BCUT2D eigenvalue weighted by Crippen LogP contribution is -1.97. The predicted octanol–water partition coefficient (Wildman–Crippen LogP) is 4.24. The summed E-state index contributed by atoms with van der Waals surface area (Å²) in [6.45, 7) is 0. The molecule has 1 aromatic carbocycles. The van der Waals surface area contributed by atoms with E-state index in [-0.39, 0.29) is 5.82 Å². The largest absolute Gasteiger partial charge is 0.383 e. The van der Waals surface area contributed by atoms with Gasteiger partial charge in [0.15, 0.2) is 0 Å². The summed E-state index contributed by atoms with van der Waals surface area (Å²) in [6, 6.07) is 8.35. The van der Waals surface area contributed by atoms with Crippen LogP contribution in [0.4, 0.5) is 4.39 Å². The Kier molecular flexibility index (Phi) is 3.67. The van der Waals surface area contributed by atoms with Crippen LogP contribution in [-0.4, -0.2) is 5.11 Å². The fraction of sp³-hybridized carbons (Fsp3) is 0.375. The van der Waals surface area contributed by atoms with Gasteiger partial charge in [-0.2, -0.15) is 0 Å². The molecule has 0 saturated carbocycles. The van der Waals surface area contributed by atoms with E-state index < -0.39 is 6.10 Å². The van der Waals surface area contributed by atoms with Crippen molar-refractivity contribution in [2.45, 2.75) is 38.2 Å². The van der Waals surface area contributed by atoms with Gasteiger partial charge in [-0.05, 0) is 55.0 Å². The predicted molar refractivity (Wildman–Crippen MR) is 76.0 cm³/mol. The van der Waals surface area contributed by atoms with Crippen LogP contribution in [0.25, 0.3) is 0 Å². The molecule has 100 valence electrons. The Bertz CT molecular complexity index is 552. The van der Waals surface area contributed by atoms with Gasteiger partial charge in [-0.15, -0.1) is 11.3 Å². The molecule has 0 bridgehead atoms. The lowest BCUT2D eigenvalue weighted by molar-refractivity contribution is 0.223. The van der Waals surface area contributed by atoms with Gasteiger partial charge in [-0.25, -0.2) is 4.39 Å². The highest BCUT2D eigenvalue weighted by atomic mass is 32.1. The van der Waals surface area contributed by atoms with Gasteiger partial charge < -0.3 is 5.11 Å². The molecule has 19 heavy (non-hydrogen) atoms. The van der Waals surface area contributed by atoms with Crippen LogP contribution in [0.15, 0.2) is 30.3 Å². The van der Waals surface area contributed by atoms with Crippen LogP contribution >= 0.6 is 11.3 Å². The Morgan fingerprint density at radius 2 is 1.95 bits per heavy atom.